The summed E-state index contributed by atoms with van der Waals surface area (Å²) in [7, 11) is 6.41. The van der Waals surface area contributed by atoms with Gasteiger partial charge in [0.05, 0.1) is 43.5 Å². The van der Waals surface area contributed by atoms with Crippen LogP contribution < -0.4 is 0 Å². The average Bonchev–Trinajstić information content (AvgIpc) is 3.29. The first-order chi connectivity index (χ1) is 34.3. The largest absolute Gasteiger partial charge is 0.462 e. The monoisotopic (exact) mass is 1040 g/mol. The molecule has 4 heterocycles. The van der Waals surface area contributed by atoms with Gasteiger partial charge in [-0.15, -0.1) is 0 Å². The van der Waals surface area contributed by atoms with Crippen molar-refractivity contribution >= 4 is 30.0 Å². The molecule has 4 unspecified atom stereocenters. The van der Waals surface area contributed by atoms with Crippen molar-refractivity contribution in [1.29, 1.82) is 0 Å². The number of methoxy groups -OCH3 is 2. The third-order valence-corrected chi connectivity index (χ3v) is 14.5. The molecule has 0 bridgehead atoms. The van der Waals surface area contributed by atoms with Crippen LogP contribution in [0.15, 0.2) is 23.8 Å². The summed E-state index contributed by atoms with van der Waals surface area (Å²) < 4.78 is 67.2. The van der Waals surface area contributed by atoms with Gasteiger partial charge in [0.2, 0.25) is 0 Å². The maximum absolute atomic E-state index is 14.2. The van der Waals surface area contributed by atoms with Gasteiger partial charge in [-0.1, -0.05) is 52.3 Å². The molecule has 0 aliphatic carbocycles. The van der Waals surface area contributed by atoms with Gasteiger partial charge in [-0.05, 0) is 79.5 Å². The summed E-state index contributed by atoms with van der Waals surface area (Å²) in [6.45, 7) is 18.7. The van der Waals surface area contributed by atoms with Crippen molar-refractivity contribution in [2.75, 3.05) is 34.9 Å². The van der Waals surface area contributed by atoms with Crippen molar-refractivity contribution in [3.63, 3.8) is 0 Å². The van der Waals surface area contributed by atoms with Crippen LogP contribution in [0, 0.1) is 29.6 Å². The number of hydrogen-bond acceptors (Lipinski definition) is 20. The van der Waals surface area contributed by atoms with Gasteiger partial charge < -0.3 is 77.1 Å². The molecule has 3 N–H and O–H groups in total. The van der Waals surface area contributed by atoms with Gasteiger partial charge in [-0.2, -0.15) is 0 Å². The van der Waals surface area contributed by atoms with E-state index >= 15 is 0 Å². The lowest BCUT2D eigenvalue weighted by molar-refractivity contribution is -0.342. The number of carbonyl (C=O) groups is 5. The van der Waals surface area contributed by atoms with Gasteiger partial charge >= 0.3 is 17.9 Å². The number of esters is 3. The summed E-state index contributed by atoms with van der Waals surface area (Å²) in [4.78, 5) is 67.9. The number of carbonyl (C=O) groups excluding carboxylic acids is 5. The predicted octanol–water partition coefficient (Wildman–Crippen LogP) is 4.00. The molecular weight excluding hydrogens is 955 g/mol. The molecule has 0 spiro atoms. The first-order valence-electron chi connectivity index (χ1n) is 25.9. The predicted molar refractivity (Wildman–Crippen MR) is 263 cm³/mol. The number of aldehydes is 1. The fourth-order valence-corrected chi connectivity index (χ4v) is 10.6. The number of rotatable bonds is 17. The second-order valence-electron chi connectivity index (χ2n) is 21.4. The van der Waals surface area contributed by atoms with Crippen molar-refractivity contribution < 1.29 is 91.4 Å². The number of ether oxygens (including phenoxy) is 11. The smallest absolute Gasteiger partial charge is 0.309 e. The highest BCUT2D eigenvalue weighted by Crippen LogP contribution is 2.39. The molecule has 0 aromatic rings. The van der Waals surface area contributed by atoms with Crippen molar-refractivity contribution in [3.05, 3.63) is 23.8 Å². The third-order valence-electron chi connectivity index (χ3n) is 14.5. The van der Waals surface area contributed by atoms with Crippen LogP contribution in [0.4, 0.5) is 0 Å². The molecule has 418 valence electrons. The lowest BCUT2D eigenvalue weighted by Gasteiger charge is -2.50. The van der Waals surface area contributed by atoms with E-state index in [0.717, 1.165) is 0 Å². The summed E-state index contributed by atoms with van der Waals surface area (Å²) in [5, 5.41) is 34.6. The second-order valence-corrected chi connectivity index (χ2v) is 21.4. The molecule has 0 radical (unpaired) electrons. The number of hydrogen-bond donors (Lipinski definition) is 3. The molecule has 73 heavy (non-hydrogen) atoms. The van der Waals surface area contributed by atoms with Crippen LogP contribution in [-0.4, -0.2) is 189 Å². The fraction of sp³-hybridized carbons (Fsp3) is 0.830. The van der Waals surface area contributed by atoms with E-state index in [2.05, 4.69) is 0 Å². The molecule has 0 aromatic heterocycles. The summed E-state index contributed by atoms with van der Waals surface area (Å²) in [6, 6.07) is -0.809. The highest BCUT2D eigenvalue weighted by atomic mass is 16.7. The van der Waals surface area contributed by atoms with E-state index in [0.29, 0.717) is 18.3 Å². The maximum atomic E-state index is 14.2. The van der Waals surface area contributed by atoms with Gasteiger partial charge in [0.25, 0.3) is 0 Å². The number of allylic oxidation sites excluding steroid dienone is 3. The minimum absolute atomic E-state index is 0.0378. The van der Waals surface area contributed by atoms with E-state index in [1.54, 1.807) is 73.5 Å². The second kappa shape index (κ2) is 28.2. The Hall–Kier alpha value is -3.25. The van der Waals surface area contributed by atoms with Crippen LogP contribution in [0.1, 0.15) is 115 Å². The summed E-state index contributed by atoms with van der Waals surface area (Å²) in [5.41, 5.74) is -0.865. The number of ketones is 1. The normalized spacial score (nSPS) is 41.6. The minimum Gasteiger partial charge on any atom is -0.462 e. The van der Waals surface area contributed by atoms with Crippen molar-refractivity contribution in [2.24, 2.45) is 29.6 Å². The summed E-state index contributed by atoms with van der Waals surface area (Å²) in [6.07, 6.45) is -8.67. The number of aliphatic hydroxyl groups is 3. The Morgan fingerprint density at radius 3 is 2.12 bits per heavy atom. The van der Waals surface area contributed by atoms with Gasteiger partial charge in [-0.25, -0.2) is 0 Å². The van der Waals surface area contributed by atoms with Crippen molar-refractivity contribution in [2.45, 2.75) is 218 Å². The van der Waals surface area contributed by atoms with Crippen molar-refractivity contribution in [3.8, 4) is 0 Å². The van der Waals surface area contributed by atoms with Crippen molar-refractivity contribution in [1.82, 2.24) is 4.90 Å². The fourth-order valence-electron chi connectivity index (χ4n) is 10.6. The first-order valence-corrected chi connectivity index (χ1v) is 25.9. The van der Waals surface area contributed by atoms with Gasteiger partial charge in [-0.3, -0.25) is 19.2 Å². The van der Waals surface area contributed by atoms with E-state index in [1.165, 1.54) is 27.2 Å². The average molecular weight is 1040 g/mol. The molecule has 3 saturated heterocycles. The zero-order valence-electron chi connectivity index (χ0n) is 45.7. The number of nitrogens with zero attached hydrogens (tertiary/aromatic N) is 1. The van der Waals surface area contributed by atoms with Gasteiger partial charge in [0, 0.05) is 58.2 Å². The van der Waals surface area contributed by atoms with Crippen LogP contribution in [0.5, 0.6) is 0 Å². The van der Waals surface area contributed by atoms with Crippen LogP contribution in [0.3, 0.4) is 0 Å². The Balaban J connectivity index is 1.66. The summed E-state index contributed by atoms with van der Waals surface area (Å²) >= 11 is 0. The topological polar surface area (TPSA) is 251 Å². The molecule has 4 aliphatic heterocycles. The van der Waals surface area contributed by atoms with Crippen LogP contribution in [0.2, 0.25) is 0 Å². The van der Waals surface area contributed by atoms with Crippen LogP contribution >= 0.6 is 0 Å². The Bertz CT molecular complexity index is 1860. The van der Waals surface area contributed by atoms with E-state index < -0.39 is 152 Å². The molecule has 0 aromatic carbocycles. The number of likely N-dealkylation sites (N-methyl/N-ethyl adjacent to an activating group) is 1. The number of aliphatic hydroxyl groups excluding tert-OH is 2. The van der Waals surface area contributed by atoms with Gasteiger partial charge in [0.1, 0.15) is 54.6 Å². The summed E-state index contributed by atoms with van der Waals surface area (Å²) in [5.74, 6) is -4.87. The molecule has 4 aliphatic rings. The lowest BCUT2D eigenvalue weighted by atomic mass is 9.79. The Labute approximate surface area is 432 Å². The van der Waals surface area contributed by atoms with E-state index in [-0.39, 0.29) is 44.0 Å². The third kappa shape index (κ3) is 16.9. The first kappa shape index (κ1) is 62.3. The molecule has 0 saturated carbocycles. The zero-order chi connectivity index (χ0) is 54.6. The SMILES string of the molecule is CC[C@H]1OC(=O)CC(OC(C)=O)[C@H](C)[C@@H](O[C@@H]2O[C@H](C)[C@@H](O[C@H]3C[C@@](C)(O)[C@@H](OC(=O)CC(C)C)[C@H](C)O3)[C@H](N(C)C)[C@H]2O)C(CC=O)C[C@@H](C)C(=O)/C=C/C(C)=C/[C@@H]1CO[C@@H]1O[C@H](C)[C@@H](O)C(OC)C1OC. The standard InChI is InChI=1S/C53H87NO19/c1-16-38-36(26-65-52-49(64-15)48(63-14)44(60)31(7)67-52)22-28(4)17-18-37(57)29(5)23-35(19-20-55)46(30(6)39(69-34(10)56)24-41(59)70-38)73-51-45(61)43(54(12)13)47(32(8)68-51)72-42-25-53(11,62)50(33(9)66-42)71-40(58)21-27(2)3/h17-18,20,22,27,29-33,35-36,38-39,42-52,60-62H,16,19,21,23-26H2,1-15H3/b18-17+,28-22+/t29-,30+,31-,32-,33+,35?,36-,38-,39?,42+,43-,44-,45-,46-,47-,48?,49?,50+,51+,52-,53-/m1/s1. The quantitative estimate of drug-likeness (QED) is 0.106. The molecule has 4 rings (SSSR count). The van der Waals surface area contributed by atoms with Gasteiger partial charge in [0.15, 0.2) is 30.8 Å². The molecule has 20 nitrogen and oxygen atoms in total. The van der Waals surface area contributed by atoms with E-state index in [1.807, 2.05) is 26.8 Å². The van der Waals surface area contributed by atoms with Crippen LogP contribution in [0.25, 0.3) is 0 Å². The molecule has 21 atom stereocenters. The highest BCUT2D eigenvalue weighted by molar-refractivity contribution is 5.91. The Morgan fingerprint density at radius 2 is 1.55 bits per heavy atom. The van der Waals surface area contributed by atoms with E-state index in [4.69, 9.17) is 52.1 Å². The van der Waals surface area contributed by atoms with E-state index in [9.17, 15) is 39.3 Å². The molecule has 0 amide bonds. The Kier molecular flexibility index (Phi) is 24.1. The molecule has 20 heteroatoms. The maximum Gasteiger partial charge on any atom is 0.309 e. The Morgan fingerprint density at radius 1 is 0.890 bits per heavy atom. The zero-order valence-corrected chi connectivity index (χ0v) is 45.7. The molecular formula is C53H87NO19. The molecule has 3 fully saturated rings. The highest BCUT2D eigenvalue weighted by Gasteiger charge is 2.53. The minimum atomic E-state index is -1.53. The number of cyclic esters (lactones) is 1. The lowest BCUT2D eigenvalue weighted by Crippen LogP contribution is -2.65. The van der Waals surface area contributed by atoms with Crippen LogP contribution in [-0.2, 0) is 76.1 Å².